The fourth-order valence-electron chi connectivity index (χ4n) is 3.82. The van der Waals surface area contributed by atoms with E-state index in [-0.39, 0.29) is 11.9 Å². The van der Waals surface area contributed by atoms with Gasteiger partial charge in [-0.05, 0) is 36.9 Å². The minimum atomic E-state index is 0.163. The Labute approximate surface area is 170 Å². The molecule has 4 nitrogen and oxygen atoms in total. The summed E-state index contributed by atoms with van der Waals surface area (Å²) in [5.41, 5.74) is 2.06. The van der Waals surface area contributed by atoms with Gasteiger partial charge in [-0.1, -0.05) is 42.5 Å². The second kappa shape index (κ2) is 8.33. The number of rotatable bonds is 5. The number of hydrogen-bond donors (Lipinski definition) is 0. The lowest BCUT2D eigenvalue weighted by Gasteiger charge is -2.34. The monoisotopic (exact) mass is 393 g/mol. The van der Waals surface area contributed by atoms with Gasteiger partial charge in [0.2, 0.25) is 0 Å². The number of fused-ring (bicyclic) bond motifs is 1. The van der Waals surface area contributed by atoms with E-state index in [9.17, 15) is 4.79 Å². The minimum absolute atomic E-state index is 0.163. The summed E-state index contributed by atoms with van der Waals surface area (Å²) < 4.78 is 2.19. The maximum absolute atomic E-state index is 13.2. The Hall–Kier alpha value is -2.37. The van der Waals surface area contributed by atoms with E-state index in [0.717, 1.165) is 38.4 Å². The predicted molar refractivity (Wildman–Crippen MR) is 118 cm³/mol. The highest BCUT2D eigenvalue weighted by atomic mass is 32.1. The summed E-state index contributed by atoms with van der Waals surface area (Å²) in [4.78, 5) is 18.8. The van der Waals surface area contributed by atoms with E-state index in [2.05, 4.69) is 77.2 Å². The molecule has 0 aliphatic carbocycles. The molecule has 1 aliphatic rings. The lowest BCUT2D eigenvalue weighted by atomic mass is 10.2. The van der Waals surface area contributed by atoms with Gasteiger partial charge in [-0.15, -0.1) is 11.3 Å². The van der Waals surface area contributed by atoms with E-state index in [1.54, 1.807) is 11.3 Å². The summed E-state index contributed by atoms with van der Waals surface area (Å²) >= 11 is 1.71. The molecule has 3 heterocycles. The Bertz CT molecular complexity index is 962. The molecule has 0 radical (unpaired) electrons. The highest BCUT2D eigenvalue weighted by molar-refractivity contribution is 7.16. The van der Waals surface area contributed by atoms with Crippen LogP contribution in [0.2, 0.25) is 0 Å². The van der Waals surface area contributed by atoms with E-state index in [4.69, 9.17) is 0 Å². The van der Waals surface area contributed by atoms with Crippen molar-refractivity contribution in [2.75, 3.05) is 32.7 Å². The van der Waals surface area contributed by atoms with Crippen molar-refractivity contribution in [2.45, 2.75) is 19.9 Å². The SMILES string of the molecule is CC(C)n1c(C(=O)N2CCN(CC=Cc3ccccc3)CC2)cc2ccsc21. The highest BCUT2D eigenvalue weighted by Crippen LogP contribution is 2.29. The first kappa shape index (κ1) is 19.0. The zero-order chi connectivity index (χ0) is 19.5. The van der Waals surface area contributed by atoms with E-state index in [1.165, 1.54) is 15.8 Å². The predicted octanol–water partition coefficient (Wildman–Crippen LogP) is 4.75. The van der Waals surface area contributed by atoms with Crippen LogP contribution >= 0.6 is 11.3 Å². The third kappa shape index (κ3) is 3.91. The molecule has 1 fully saturated rings. The molecule has 0 bridgehead atoms. The van der Waals surface area contributed by atoms with Crippen LogP contribution in [0.1, 0.15) is 35.9 Å². The molecular weight excluding hydrogens is 366 g/mol. The number of aromatic nitrogens is 1. The summed E-state index contributed by atoms with van der Waals surface area (Å²) in [6, 6.07) is 14.8. The van der Waals surface area contributed by atoms with Crippen molar-refractivity contribution in [3.63, 3.8) is 0 Å². The van der Waals surface area contributed by atoms with E-state index >= 15 is 0 Å². The molecular formula is C23H27N3OS. The maximum atomic E-state index is 13.2. The lowest BCUT2D eigenvalue weighted by molar-refractivity contribution is 0.0639. The van der Waals surface area contributed by atoms with Gasteiger partial charge in [-0.3, -0.25) is 9.69 Å². The number of amides is 1. The normalized spacial score (nSPS) is 15.9. The average Bonchev–Trinajstić information content (AvgIpc) is 3.29. The van der Waals surface area contributed by atoms with Gasteiger partial charge in [-0.2, -0.15) is 0 Å². The lowest BCUT2D eigenvalue weighted by Crippen LogP contribution is -2.49. The molecule has 1 aliphatic heterocycles. The number of hydrogen-bond acceptors (Lipinski definition) is 3. The van der Waals surface area contributed by atoms with Crippen LogP contribution in [0, 0.1) is 0 Å². The number of carbonyl (C=O) groups is 1. The van der Waals surface area contributed by atoms with E-state index in [0.29, 0.717) is 0 Å². The van der Waals surface area contributed by atoms with Gasteiger partial charge >= 0.3 is 0 Å². The van der Waals surface area contributed by atoms with Crippen molar-refractivity contribution in [3.05, 3.63) is 65.2 Å². The first-order chi connectivity index (χ1) is 13.6. The minimum Gasteiger partial charge on any atom is -0.335 e. The number of benzene rings is 1. The number of nitrogens with zero attached hydrogens (tertiary/aromatic N) is 3. The average molecular weight is 394 g/mol. The molecule has 0 N–H and O–H groups in total. The Balaban J connectivity index is 1.37. The molecule has 2 aromatic heterocycles. The fraction of sp³-hybridized carbons (Fsp3) is 0.348. The fourth-order valence-corrected chi connectivity index (χ4v) is 4.85. The van der Waals surface area contributed by atoms with Crippen molar-refractivity contribution in [1.82, 2.24) is 14.4 Å². The quantitative estimate of drug-likeness (QED) is 0.625. The topological polar surface area (TPSA) is 28.5 Å². The zero-order valence-electron chi connectivity index (χ0n) is 16.5. The standard InChI is InChI=1S/C23H27N3OS/c1-18(2)26-21(17-20-10-16-28-23(20)26)22(27)25-14-12-24(13-15-25)11-6-9-19-7-4-3-5-8-19/h3-10,16-18H,11-15H2,1-2H3. The first-order valence-corrected chi connectivity index (χ1v) is 10.8. The van der Waals surface area contributed by atoms with Crippen LogP contribution in [0.5, 0.6) is 0 Å². The third-order valence-electron chi connectivity index (χ3n) is 5.31. The van der Waals surface area contributed by atoms with Gasteiger partial charge in [0.1, 0.15) is 10.5 Å². The van der Waals surface area contributed by atoms with Gasteiger partial charge in [0.25, 0.3) is 5.91 Å². The first-order valence-electron chi connectivity index (χ1n) is 9.95. The molecule has 0 atom stereocenters. The summed E-state index contributed by atoms with van der Waals surface area (Å²) in [5, 5.41) is 3.27. The molecule has 28 heavy (non-hydrogen) atoms. The summed E-state index contributed by atoms with van der Waals surface area (Å²) in [6.07, 6.45) is 4.38. The van der Waals surface area contributed by atoms with E-state index in [1.807, 2.05) is 11.0 Å². The molecule has 3 aromatic rings. The Morgan fingerprint density at radius 1 is 1.11 bits per heavy atom. The van der Waals surface area contributed by atoms with Gasteiger partial charge in [-0.25, -0.2) is 0 Å². The summed E-state index contributed by atoms with van der Waals surface area (Å²) in [5.74, 6) is 0.163. The van der Waals surface area contributed by atoms with Crippen LogP contribution in [0.4, 0.5) is 0 Å². The smallest absolute Gasteiger partial charge is 0.270 e. The van der Waals surface area contributed by atoms with Gasteiger partial charge in [0, 0.05) is 44.2 Å². The largest absolute Gasteiger partial charge is 0.335 e. The Morgan fingerprint density at radius 3 is 2.57 bits per heavy atom. The van der Waals surface area contributed by atoms with Crippen LogP contribution in [0.15, 0.2) is 53.9 Å². The molecule has 0 saturated carbocycles. The second-order valence-electron chi connectivity index (χ2n) is 7.58. The number of carbonyl (C=O) groups excluding carboxylic acids is 1. The van der Waals surface area contributed by atoms with Crippen molar-refractivity contribution in [2.24, 2.45) is 0 Å². The van der Waals surface area contributed by atoms with Crippen LogP contribution in [0.25, 0.3) is 16.3 Å². The molecule has 0 spiro atoms. The van der Waals surface area contributed by atoms with Crippen molar-refractivity contribution < 1.29 is 4.79 Å². The van der Waals surface area contributed by atoms with Gasteiger partial charge in [0.15, 0.2) is 0 Å². The highest BCUT2D eigenvalue weighted by Gasteiger charge is 2.26. The second-order valence-corrected chi connectivity index (χ2v) is 8.47. The van der Waals surface area contributed by atoms with Crippen molar-refractivity contribution in [1.29, 1.82) is 0 Å². The van der Waals surface area contributed by atoms with Gasteiger partial charge < -0.3 is 9.47 Å². The number of thiophene rings is 1. The van der Waals surface area contributed by atoms with E-state index < -0.39 is 0 Å². The molecule has 1 amide bonds. The molecule has 146 valence electrons. The van der Waals surface area contributed by atoms with Crippen LogP contribution in [-0.2, 0) is 0 Å². The zero-order valence-corrected chi connectivity index (χ0v) is 17.4. The molecule has 4 rings (SSSR count). The maximum Gasteiger partial charge on any atom is 0.270 e. The summed E-state index contributed by atoms with van der Waals surface area (Å²) in [6.45, 7) is 8.63. The van der Waals surface area contributed by atoms with Gasteiger partial charge in [0.05, 0.1) is 0 Å². The van der Waals surface area contributed by atoms with Crippen LogP contribution < -0.4 is 0 Å². The van der Waals surface area contributed by atoms with Crippen LogP contribution in [0.3, 0.4) is 0 Å². The van der Waals surface area contributed by atoms with Crippen LogP contribution in [-0.4, -0.2) is 53.0 Å². The Morgan fingerprint density at radius 2 is 1.86 bits per heavy atom. The molecule has 5 heteroatoms. The molecule has 0 unspecified atom stereocenters. The van der Waals surface area contributed by atoms with Crippen molar-refractivity contribution in [3.8, 4) is 0 Å². The number of piperazine rings is 1. The molecule has 1 aromatic carbocycles. The third-order valence-corrected chi connectivity index (χ3v) is 6.24. The Kier molecular flexibility index (Phi) is 5.64. The van der Waals surface area contributed by atoms with Crippen molar-refractivity contribution >= 4 is 33.5 Å². The summed E-state index contributed by atoms with van der Waals surface area (Å²) in [7, 11) is 0. The molecule has 1 saturated heterocycles.